The highest BCUT2D eigenvalue weighted by molar-refractivity contribution is 5.53. The summed E-state index contributed by atoms with van der Waals surface area (Å²) in [7, 11) is 0. The zero-order valence-electron chi connectivity index (χ0n) is 16.3. The van der Waals surface area contributed by atoms with Crippen molar-refractivity contribution in [3.8, 4) is 23.0 Å². The molecule has 2 fully saturated rings. The number of aromatic hydroxyl groups is 3. The summed E-state index contributed by atoms with van der Waals surface area (Å²) < 4.78 is 21.3. The highest BCUT2D eigenvalue weighted by Crippen LogP contribution is 2.39. The van der Waals surface area contributed by atoms with E-state index in [0.717, 1.165) is 12.1 Å². The van der Waals surface area contributed by atoms with E-state index in [2.05, 4.69) is 0 Å². The largest absolute Gasteiger partial charge is 0.504 e. The van der Waals surface area contributed by atoms with Crippen LogP contribution in [-0.4, -0.2) is 114 Å². The third-order valence-electron chi connectivity index (χ3n) is 5.20. The molecule has 0 spiro atoms. The Hall–Kier alpha value is -1.94. The molecule has 1 aromatic rings. The van der Waals surface area contributed by atoms with Crippen LogP contribution in [0, 0.1) is 0 Å². The molecule has 0 bridgehead atoms. The average molecular weight is 450 g/mol. The Labute approximate surface area is 175 Å². The smallest absolute Gasteiger partial charge is 0.229 e. The molecule has 10 unspecified atom stereocenters. The number of rotatable bonds is 5. The van der Waals surface area contributed by atoms with Gasteiger partial charge in [0.2, 0.25) is 12.0 Å². The van der Waals surface area contributed by atoms with Crippen LogP contribution in [0.2, 0.25) is 0 Å². The third-order valence-corrected chi connectivity index (χ3v) is 5.20. The second-order valence-corrected chi connectivity index (χ2v) is 7.46. The average Bonchev–Trinajstić information content (AvgIpc) is 2.73. The molecule has 2 saturated heterocycles. The summed E-state index contributed by atoms with van der Waals surface area (Å²) in [4.78, 5) is 0. The first-order chi connectivity index (χ1) is 14.5. The zero-order chi connectivity index (χ0) is 23.0. The van der Waals surface area contributed by atoms with E-state index in [4.69, 9.17) is 18.9 Å². The van der Waals surface area contributed by atoms with Crippen molar-refractivity contribution >= 4 is 0 Å². The quantitative estimate of drug-likeness (QED) is 0.202. The fourth-order valence-corrected chi connectivity index (χ4v) is 3.27. The number of aliphatic hydroxyl groups excluding tert-OH is 6. The summed E-state index contributed by atoms with van der Waals surface area (Å²) in [6, 6.07) is 1.85. The van der Waals surface area contributed by atoms with Crippen LogP contribution in [0.4, 0.5) is 0 Å². The number of aliphatic hydroxyl groups is 6. The SMILES string of the molecule is CC1OC(OCC2OC(Oc3cc(O)c(O)c(O)c3)C(O)C(O)C2O)C(O)C(O)C1O. The number of hydrogen-bond donors (Lipinski definition) is 9. The fourth-order valence-electron chi connectivity index (χ4n) is 3.27. The molecule has 0 saturated carbocycles. The van der Waals surface area contributed by atoms with Crippen molar-refractivity contribution in [2.75, 3.05) is 6.61 Å². The summed E-state index contributed by atoms with van der Waals surface area (Å²) >= 11 is 0. The van der Waals surface area contributed by atoms with Crippen LogP contribution < -0.4 is 4.74 Å². The topological polar surface area (TPSA) is 219 Å². The number of hydrogen-bond acceptors (Lipinski definition) is 13. The van der Waals surface area contributed by atoms with Gasteiger partial charge in [-0.1, -0.05) is 0 Å². The van der Waals surface area contributed by atoms with E-state index in [1.54, 1.807) is 0 Å². The number of phenols is 3. The van der Waals surface area contributed by atoms with Crippen LogP contribution in [0.5, 0.6) is 23.0 Å². The molecule has 0 amide bonds. The van der Waals surface area contributed by atoms with E-state index < -0.39 is 85.3 Å². The summed E-state index contributed by atoms with van der Waals surface area (Å²) in [6.07, 6.45) is -14.7. The lowest BCUT2D eigenvalue weighted by Crippen LogP contribution is -2.61. The Morgan fingerprint density at radius 1 is 0.742 bits per heavy atom. The van der Waals surface area contributed by atoms with Gasteiger partial charge in [-0.2, -0.15) is 0 Å². The lowest BCUT2D eigenvalue weighted by atomic mass is 9.98. The number of ether oxygens (including phenoxy) is 4. The number of phenolic OH excluding ortho intramolecular Hbond substituents is 3. The van der Waals surface area contributed by atoms with Crippen molar-refractivity contribution < 1.29 is 64.9 Å². The van der Waals surface area contributed by atoms with E-state index in [1.165, 1.54) is 6.92 Å². The van der Waals surface area contributed by atoms with Crippen LogP contribution in [0.3, 0.4) is 0 Å². The maximum absolute atomic E-state index is 10.2. The molecule has 1 aromatic carbocycles. The van der Waals surface area contributed by atoms with Gasteiger partial charge in [-0.25, -0.2) is 0 Å². The van der Waals surface area contributed by atoms with E-state index in [1.807, 2.05) is 0 Å². The van der Waals surface area contributed by atoms with Gasteiger partial charge in [0, 0.05) is 12.1 Å². The van der Waals surface area contributed by atoms with Crippen molar-refractivity contribution in [2.24, 2.45) is 0 Å². The van der Waals surface area contributed by atoms with Crippen molar-refractivity contribution in [3.05, 3.63) is 12.1 Å². The Balaban J connectivity index is 1.67. The van der Waals surface area contributed by atoms with Gasteiger partial charge >= 0.3 is 0 Å². The van der Waals surface area contributed by atoms with E-state index in [9.17, 15) is 46.0 Å². The fraction of sp³-hybridized carbons (Fsp3) is 0.667. The van der Waals surface area contributed by atoms with Gasteiger partial charge in [-0.3, -0.25) is 0 Å². The number of benzene rings is 1. The van der Waals surface area contributed by atoms with E-state index >= 15 is 0 Å². The second kappa shape index (κ2) is 9.28. The Bertz CT molecular complexity index is 737. The maximum atomic E-state index is 10.2. The molecule has 10 atom stereocenters. The van der Waals surface area contributed by atoms with Gasteiger partial charge in [-0.05, 0) is 6.92 Å². The lowest BCUT2D eigenvalue weighted by Gasteiger charge is -2.42. The molecule has 2 heterocycles. The van der Waals surface area contributed by atoms with Crippen molar-refractivity contribution in [1.82, 2.24) is 0 Å². The minimum Gasteiger partial charge on any atom is -0.504 e. The maximum Gasteiger partial charge on any atom is 0.229 e. The van der Waals surface area contributed by atoms with Crippen molar-refractivity contribution in [3.63, 3.8) is 0 Å². The molecule has 2 aliphatic heterocycles. The van der Waals surface area contributed by atoms with Crippen LogP contribution >= 0.6 is 0 Å². The first-order valence-electron chi connectivity index (χ1n) is 9.43. The van der Waals surface area contributed by atoms with Gasteiger partial charge in [0.15, 0.2) is 17.8 Å². The van der Waals surface area contributed by atoms with Crippen LogP contribution in [0.15, 0.2) is 12.1 Å². The highest BCUT2D eigenvalue weighted by atomic mass is 16.7. The van der Waals surface area contributed by atoms with Gasteiger partial charge in [0.25, 0.3) is 0 Å². The van der Waals surface area contributed by atoms with Gasteiger partial charge in [0.05, 0.1) is 12.7 Å². The molecular weight excluding hydrogens is 424 g/mol. The lowest BCUT2D eigenvalue weighted by molar-refractivity contribution is -0.318. The summed E-state index contributed by atoms with van der Waals surface area (Å²) in [5.41, 5.74) is 0. The Morgan fingerprint density at radius 2 is 1.29 bits per heavy atom. The molecule has 0 aliphatic carbocycles. The zero-order valence-corrected chi connectivity index (χ0v) is 16.3. The Morgan fingerprint density at radius 3 is 1.90 bits per heavy atom. The minimum absolute atomic E-state index is 0.225. The monoisotopic (exact) mass is 450 g/mol. The van der Waals surface area contributed by atoms with Crippen LogP contribution in [0.1, 0.15) is 6.92 Å². The van der Waals surface area contributed by atoms with Gasteiger partial charge in [0.1, 0.15) is 48.5 Å². The molecule has 13 heteroatoms. The van der Waals surface area contributed by atoms with Crippen molar-refractivity contribution in [2.45, 2.75) is 68.3 Å². The first-order valence-corrected chi connectivity index (χ1v) is 9.43. The molecule has 31 heavy (non-hydrogen) atoms. The van der Waals surface area contributed by atoms with Crippen LogP contribution in [-0.2, 0) is 14.2 Å². The Kier molecular flexibility index (Phi) is 7.10. The third kappa shape index (κ3) is 4.79. The minimum atomic E-state index is -1.74. The van der Waals surface area contributed by atoms with Crippen molar-refractivity contribution in [1.29, 1.82) is 0 Å². The molecule has 2 aliphatic rings. The predicted octanol–water partition coefficient (Wildman–Crippen LogP) is -3.17. The predicted molar refractivity (Wildman–Crippen MR) is 97.1 cm³/mol. The normalized spacial score (nSPS) is 41.1. The summed E-state index contributed by atoms with van der Waals surface area (Å²) in [5.74, 6) is -2.43. The molecule has 0 radical (unpaired) electrons. The van der Waals surface area contributed by atoms with E-state index in [-0.39, 0.29) is 5.75 Å². The van der Waals surface area contributed by atoms with Gasteiger partial charge in [-0.15, -0.1) is 0 Å². The second-order valence-electron chi connectivity index (χ2n) is 7.46. The molecule has 9 N–H and O–H groups in total. The molecule has 13 nitrogen and oxygen atoms in total. The van der Waals surface area contributed by atoms with E-state index in [0.29, 0.717) is 0 Å². The highest BCUT2D eigenvalue weighted by Gasteiger charge is 2.47. The summed E-state index contributed by atoms with van der Waals surface area (Å²) in [5, 5.41) is 88.5. The first kappa shape index (κ1) is 23.7. The molecule has 0 aromatic heterocycles. The molecule has 3 rings (SSSR count). The standard InChI is InChI=1S/C18H26O13/c1-5-10(21)13(24)15(26)17(29-5)28-4-9-12(23)14(25)16(27)18(31-9)30-6-2-7(19)11(22)8(20)3-6/h2-3,5,9-10,12-27H,4H2,1H3. The molecular formula is C18H26O13. The molecule has 176 valence electrons. The van der Waals surface area contributed by atoms with Crippen LogP contribution in [0.25, 0.3) is 0 Å². The summed E-state index contributed by atoms with van der Waals surface area (Å²) in [6.45, 7) is 0.975. The van der Waals surface area contributed by atoms with Gasteiger partial charge < -0.3 is 64.9 Å².